The maximum Gasteiger partial charge on any atom is 0.0800 e. The number of benzene rings is 2. The number of hydrogen-bond donors (Lipinski definition) is 0. The Morgan fingerprint density at radius 3 is 1.74 bits per heavy atom. The van der Waals surface area contributed by atoms with E-state index >= 15 is 0 Å². The Labute approximate surface area is 145 Å². The Morgan fingerprint density at radius 2 is 1.11 bits per heavy atom. The third-order valence-electron chi connectivity index (χ3n) is 2.42. The Balaban J connectivity index is 2.84. The van der Waals surface area contributed by atoms with Crippen LogP contribution in [-0.2, 0) is 0 Å². The third kappa shape index (κ3) is 2.91. The molecule has 0 aromatic heterocycles. The Kier molecular flexibility index (Phi) is 5.07. The minimum absolute atomic E-state index is 0.137. The Hall–Kier alpha value is 0.470. The van der Waals surface area contributed by atoms with E-state index in [0.29, 0.717) is 21.2 Å². The fraction of sp³-hybridized carbons (Fsp3) is 0. The first-order valence-electron chi connectivity index (χ1n) is 4.81. The Bertz CT molecular complexity index is 664. The first-order valence-corrected chi connectivity index (χ1v) is 7.46. The zero-order chi connectivity index (χ0) is 14.3. The molecule has 7 heteroatoms. The van der Waals surface area contributed by atoms with Gasteiger partial charge in [0.15, 0.2) is 0 Å². The van der Waals surface area contributed by atoms with E-state index in [1.807, 2.05) is 0 Å². The number of halogens is 7. The molecular formula is C12H3Cl7. The third-order valence-corrected chi connectivity index (χ3v) is 5.29. The summed E-state index contributed by atoms with van der Waals surface area (Å²) in [6.07, 6.45) is 0. The predicted molar refractivity (Wildman–Crippen MR) is 86.9 cm³/mol. The summed E-state index contributed by atoms with van der Waals surface area (Å²) in [4.78, 5) is 0. The van der Waals surface area contributed by atoms with Gasteiger partial charge in [-0.3, -0.25) is 0 Å². The van der Waals surface area contributed by atoms with Crippen molar-refractivity contribution in [3.05, 3.63) is 53.4 Å². The quantitative estimate of drug-likeness (QED) is 0.340. The summed E-state index contributed by atoms with van der Waals surface area (Å²) >= 11 is 42.3. The van der Waals surface area contributed by atoms with Gasteiger partial charge in [-0.2, -0.15) is 0 Å². The monoisotopic (exact) mass is 392 g/mol. The van der Waals surface area contributed by atoms with Crippen LogP contribution >= 0.6 is 81.2 Å². The molecule has 2 aromatic rings. The molecule has 0 fully saturated rings. The van der Waals surface area contributed by atoms with E-state index in [4.69, 9.17) is 81.2 Å². The lowest BCUT2D eigenvalue weighted by molar-refractivity contribution is 1.61. The molecule has 0 unspecified atom stereocenters. The molecule has 0 aliphatic rings. The van der Waals surface area contributed by atoms with Crippen LogP contribution in [-0.4, -0.2) is 0 Å². The lowest BCUT2D eigenvalue weighted by Crippen LogP contribution is -1.87. The molecule has 0 nitrogen and oxygen atoms in total. The lowest BCUT2D eigenvalue weighted by atomic mass is 10.1. The average molecular weight is 395 g/mol. The second kappa shape index (κ2) is 6.07. The summed E-state index contributed by atoms with van der Waals surface area (Å²) in [6, 6.07) is 4.74. The number of rotatable bonds is 1. The van der Waals surface area contributed by atoms with E-state index in [1.165, 1.54) is 0 Å². The van der Waals surface area contributed by atoms with Gasteiger partial charge in [0.25, 0.3) is 0 Å². The second-order valence-electron chi connectivity index (χ2n) is 3.57. The first-order chi connectivity index (χ1) is 8.84. The molecule has 0 heterocycles. The van der Waals surface area contributed by atoms with Gasteiger partial charge >= 0.3 is 0 Å². The van der Waals surface area contributed by atoms with Gasteiger partial charge in [-0.05, 0) is 18.2 Å². The van der Waals surface area contributed by atoms with Crippen molar-refractivity contribution in [1.82, 2.24) is 0 Å². The summed E-state index contributed by atoms with van der Waals surface area (Å²) in [5.41, 5.74) is 0.930. The van der Waals surface area contributed by atoms with Crippen molar-refractivity contribution < 1.29 is 0 Å². The van der Waals surface area contributed by atoms with E-state index in [9.17, 15) is 0 Å². The molecule has 19 heavy (non-hydrogen) atoms. The molecule has 2 aromatic carbocycles. The van der Waals surface area contributed by atoms with Crippen LogP contribution in [0.2, 0.25) is 35.2 Å². The standard InChI is InChI=1S/C12H3Cl7/c13-5-1-2-6(14)10(17)8(5)4-3-7(15)11(18)12(19)9(4)16/h1-3H. The van der Waals surface area contributed by atoms with E-state index in [1.54, 1.807) is 18.2 Å². The lowest BCUT2D eigenvalue weighted by Gasteiger charge is -2.13. The zero-order valence-electron chi connectivity index (χ0n) is 8.88. The van der Waals surface area contributed by atoms with Gasteiger partial charge in [0.2, 0.25) is 0 Å². The molecule has 100 valence electrons. The maximum atomic E-state index is 6.17. The molecule has 0 saturated heterocycles. The topological polar surface area (TPSA) is 0 Å². The van der Waals surface area contributed by atoms with Gasteiger partial charge in [-0.1, -0.05) is 81.2 Å². The van der Waals surface area contributed by atoms with Gasteiger partial charge in [-0.15, -0.1) is 0 Å². The van der Waals surface area contributed by atoms with Crippen molar-refractivity contribution in [2.24, 2.45) is 0 Å². The first kappa shape index (κ1) is 15.9. The van der Waals surface area contributed by atoms with Gasteiger partial charge in [0, 0.05) is 11.1 Å². The molecule has 0 amide bonds. The minimum atomic E-state index is 0.137. The van der Waals surface area contributed by atoms with E-state index in [2.05, 4.69) is 0 Å². The van der Waals surface area contributed by atoms with Crippen molar-refractivity contribution in [3.63, 3.8) is 0 Å². The smallest absolute Gasteiger partial charge is 0.0800 e. The van der Waals surface area contributed by atoms with Crippen molar-refractivity contribution >= 4 is 81.2 Å². The largest absolute Gasteiger partial charge is 0.0836 e. The molecular weight excluding hydrogens is 392 g/mol. The predicted octanol–water partition coefficient (Wildman–Crippen LogP) is 7.93. The molecule has 0 saturated carbocycles. The van der Waals surface area contributed by atoms with Crippen LogP contribution in [0.4, 0.5) is 0 Å². The molecule has 0 aliphatic heterocycles. The second-order valence-corrected chi connectivity index (χ2v) is 6.30. The maximum absolute atomic E-state index is 6.17. The SMILES string of the molecule is Clc1cc(-c2c(Cl)ccc(Cl)c2Cl)c(Cl)c(Cl)c1Cl. The van der Waals surface area contributed by atoms with Gasteiger partial charge in [0.1, 0.15) is 0 Å². The highest BCUT2D eigenvalue weighted by molar-refractivity contribution is 6.53. The molecule has 0 bridgehead atoms. The van der Waals surface area contributed by atoms with Crippen LogP contribution in [0, 0.1) is 0 Å². The molecule has 0 radical (unpaired) electrons. The molecule has 0 spiro atoms. The summed E-state index contributed by atoms with van der Waals surface area (Å²) in [6.45, 7) is 0. The zero-order valence-corrected chi connectivity index (χ0v) is 14.2. The van der Waals surface area contributed by atoms with Crippen LogP contribution in [0.1, 0.15) is 0 Å². The summed E-state index contributed by atoms with van der Waals surface area (Å²) in [5.74, 6) is 0. The highest BCUT2D eigenvalue weighted by Gasteiger charge is 2.19. The molecule has 0 atom stereocenters. The molecule has 2 rings (SSSR count). The van der Waals surface area contributed by atoms with Crippen molar-refractivity contribution in [2.75, 3.05) is 0 Å². The minimum Gasteiger partial charge on any atom is -0.0836 e. The van der Waals surface area contributed by atoms with Gasteiger partial charge in [-0.25, -0.2) is 0 Å². The van der Waals surface area contributed by atoms with Crippen LogP contribution < -0.4 is 0 Å². The van der Waals surface area contributed by atoms with Crippen LogP contribution in [0.15, 0.2) is 18.2 Å². The normalized spacial score (nSPS) is 10.9. The van der Waals surface area contributed by atoms with Crippen LogP contribution in [0.5, 0.6) is 0 Å². The van der Waals surface area contributed by atoms with Gasteiger partial charge in [0.05, 0.1) is 35.2 Å². The fourth-order valence-electron chi connectivity index (χ4n) is 1.53. The van der Waals surface area contributed by atoms with Crippen LogP contribution in [0.3, 0.4) is 0 Å². The summed E-state index contributed by atoms with van der Waals surface area (Å²) in [7, 11) is 0. The van der Waals surface area contributed by atoms with E-state index in [-0.39, 0.29) is 25.1 Å². The fourth-order valence-corrected chi connectivity index (χ4v) is 3.16. The Morgan fingerprint density at radius 1 is 0.526 bits per heavy atom. The van der Waals surface area contributed by atoms with Crippen LogP contribution in [0.25, 0.3) is 11.1 Å². The number of hydrogen-bond acceptors (Lipinski definition) is 0. The van der Waals surface area contributed by atoms with Crippen molar-refractivity contribution in [3.8, 4) is 11.1 Å². The summed E-state index contributed by atoms with van der Waals surface area (Å²) in [5, 5.41) is 1.76. The highest BCUT2D eigenvalue weighted by atomic mass is 35.5. The average Bonchev–Trinajstić information content (AvgIpc) is 2.38. The molecule has 0 N–H and O–H groups in total. The molecule has 0 aliphatic carbocycles. The summed E-state index contributed by atoms with van der Waals surface area (Å²) < 4.78 is 0. The van der Waals surface area contributed by atoms with Crippen molar-refractivity contribution in [1.29, 1.82) is 0 Å². The highest BCUT2D eigenvalue weighted by Crippen LogP contribution is 2.47. The van der Waals surface area contributed by atoms with Crippen molar-refractivity contribution in [2.45, 2.75) is 0 Å². The van der Waals surface area contributed by atoms with Gasteiger partial charge < -0.3 is 0 Å². The van der Waals surface area contributed by atoms with E-state index < -0.39 is 0 Å². The van der Waals surface area contributed by atoms with E-state index in [0.717, 1.165) is 0 Å².